The van der Waals surface area contributed by atoms with Gasteiger partial charge in [-0.3, -0.25) is 9.59 Å². The van der Waals surface area contributed by atoms with Crippen LogP contribution in [0, 0.1) is 0 Å². The minimum Gasteiger partial charge on any atom is -0.474 e. The average Bonchev–Trinajstić information content (AvgIpc) is 2.88. The van der Waals surface area contributed by atoms with E-state index in [0.29, 0.717) is 5.88 Å². The zero-order valence-corrected chi connectivity index (χ0v) is 14.2. The van der Waals surface area contributed by atoms with Gasteiger partial charge in [-0.25, -0.2) is 4.98 Å². The second kappa shape index (κ2) is 6.35. The van der Waals surface area contributed by atoms with E-state index in [4.69, 9.17) is 4.74 Å². The Morgan fingerprint density at radius 1 is 1.16 bits per heavy atom. The number of aryl methyl sites for hydroxylation is 1. The van der Waals surface area contributed by atoms with Gasteiger partial charge in [-0.05, 0) is 31.0 Å². The molecule has 2 aromatic heterocycles. The maximum Gasteiger partial charge on any atom is 0.263 e. The van der Waals surface area contributed by atoms with E-state index < -0.39 is 0 Å². The zero-order valence-electron chi connectivity index (χ0n) is 14.2. The van der Waals surface area contributed by atoms with Crippen molar-refractivity contribution in [3.63, 3.8) is 0 Å². The van der Waals surface area contributed by atoms with Crippen LogP contribution in [-0.4, -0.2) is 38.5 Å². The van der Waals surface area contributed by atoms with E-state index in [-0.39, 0.29) is 35.2 Å². The highest BCUT2D eigenvalue weighted by atomic mass is 16.5. The summed E-state index contributed by atoms with van der Waals surface area (Å²) in [6.45, 7) is 0. The molecule has 2 aliphatic rings. The van der Waals surface area contributed by atoms with E-state index in [1.54, 1.807) is 31.6 Å². The first kappa shape index (κ1) is 15.9. The molecule has 2 saturated heterocycles. The molecule has 2 unspecified atom stereocenters. The topological polar surface area (TPSA) is 64.4 Å². The number of ether oxygens (including phenoxy) is 1. The lowest BCUT2D eigenvalue weighted by Crippen LogP contribution is -2.50. The first-order chi connectivity index (χ1) is 12.1. The summed E-state index contributed by atoms with van der Waals surface area (Å²) in [4.78, 5) is 31.4. The summed E-state index contributed by atoms with van der Waals surface area (Å²) in [7, 11) is 1.67. The summed E-state index contributed by atoms with van der Waals surface area (Å²) >= 11 is 0. The number of aromatic nitrogens is 2. The van der Waals surface area contributed by atoms with Crippen LogP contribution in [-0.2, 0) is 7.05 Å². The van der Waals surface area contributed by atoms with Gasteiger partial charge in [0.2, 0.25) is 5.88 Å². The number of pyridine rings is 2. The van der Waals surface area contributed by atoms with Gasteiger partial charge >= 0.3 is 0 Å². The number of nitrogens with zero attached hydrogens (tertiary/aromatic N) is 3. The van der Waals surface area contributed by atoms with Crippen molar-refractivity contribution in [1.29, 1.82) is 0 Å². The maximum absolute atomic E-state index is 13.0. The minimum atomic E-state index is -0.237. The highest BCUT2D eigenvalue weighted by molar-refractivity contribution is 5.94. The molecule has 2 atom stereocenters. The van der Waals surface area contributed by atoms with Crippen LogP contribution < -0.4 is 10.3 Å². The molecule has 1 amide bonds. The monoisotopic (exact) mass is 339 g/mol. The molecule has 0 spiro atoms. The van der Waals surface area contributed by atoms with Crippen molar-refractivity contribution in [2.75, 3.05) is 0 Å². The Hall–Kier alpha value is -2.63. The Kier molecular flexibility index (Phi) is 4.03. The Bertz CT molecular complexity index is 819. The summed E-state index contributed by atoms with van der Waals surface area (Å²) in [6, 6.07) is 9.25. The van der Waals surface area contributed by atoms with Gasteiger partial charge in [-0.15, -0.1) is 0 Å². The summed E-state index contributed by atoms with van der Waals surface area (Å²) in [5, 5.41) is 0. The molecule has 4 heterocycles. The molecule has 2 aromatic rings. The first-order valence-electron chi connectivity index (χ1n) is 8.69. The summed E-state index contributed by atoms with van der Waals surface area (Å²) in [5.74, 6) is 0.480. The van der Waals surface area contributed by atoms with E-state index in [2.05, 4.69) is 4.98 Å². The number of rotatable bonds is 3. The Morgan fingerprint density at radius 3 is 2.60 bits per heavy atom. The molecule has 0 radical (unpaired) electrons. The molecule has 0 N–H and O–H groups in total. The highest BCUT2D eigenvalue weighted by Gasteiger charge is 2.44. The van der Waals surface area contributed by atoms with Crippen molar-refractivity contribution in [3.05, 3.63) is 58.6 Å². The standard InChI is InChI=1S/C19H21N3O3/c1-21-10-4-5-16(18(21)23)19(24)22-13-7-8-14(22)12-15(11-13)25-17-6-2-3-9-20-17/h2-6,9-10,13-15H,7-8,11-12H2,1H3. The third kappa shape index (κ3) is 2.92. The largest absolute Gasteiger partial charge is 0.474 e. The third-order valence-corrected chi connectivity index (χ3v) is 5.20. The van der Waals surface area contributed by atoms with Gasteiger partial charge in [0.1, 0.15) is 11.7 Å². The van der Waals surface area contributed by atoms with Crippen molar-refractivity contribution in [1.82, 2.24) is 14.5 Å². The zero-order chi connectivity index (χ0) is 17.4. The van der Waals surface area contributed by atoms with Crippen LogP contribution in [0.15, 0.2) is 47.5 Å². The molecular formula is C19H21N3O3. The smallest absolute Gasteiger partial charge is 0.263 e. The Labute approximate surface area is 146 Å². The SMILES string of the molecule is Cn1cccc(C(=O)N2C3CCC2CC(Oc2ccccn2)C3)c1=O. The van der Waals surface area contributed by atoms with Gasteiger partial charge in [0, 0.05) is 50.4 Å². The van der Waals surface area contributed by atoms with Crippen LogP contribution in [0.5, 0.6) is 5.88 Å². The number of carbonyl (C=O) groups is 1. The molecule has 130 valence electrons. The lowest BCUT2D eigenvalue weighted by Gasteiger charge is -2.38. The molecule has 25 heavy (non-hydrogen) atoms. The number of piperidine rings is 1. The number of amides is 1. The number of fused-ring (bicyclic) bond motifs is 2. The number of carbonyl (C=O) groups excluding carboxylic acids is 1. The summed E-state index contributed by atoms with van der Waals surface area (Å²) < 4.78 is 7.45. The molecular weight excluding hydrogens is 318 g/mol. The van der Waals surface area contributed by atoms with Crippen LogP contribution in [0.1, 0.15) is 36.0 Å². The van der Waals surface area contributed by atoms with Gasteiger partial charge in [0.05, 0.1) is 0 Å². The quantitative estimate of drug-likeness (QED) is 0.858. The normalized spacial score (nSPS) is 25.0. The van der Waals surface area contributed by atoms with Gasteiger partial charge in [0.25, 0.3) is 11.5 Å². The Morgan fingerprint density at radius 2 is 1.92 bits per heavy atom. The summed E-state index contributed by atoms with van der Waals surface area (Å²) in [5.41, 5.74) is 0.0183. The highest BCUT2D eigenvalue weighted by Crippen LogP contribution is 2.37. The molecule has 2 aliphatic heterocycles. The molecule has 0 aliphatic carbocycles. The molecule has 6 heteroatoms. The number of hydrogen-bond donors (Lipinski definition) is 0. The van der Waals surface area contributed by atoms with E-state index >= 15 is 0 Å². The fraction of sp³-hybridized carbons (Fsp3) is 0.421. The van der Waals surface area contributed by atoms with Crippen molar-refractivity contribution in [3.8, 4) is 5.88 Å². The second-order valence-corrected chi connectivity index (χ2v) is 6.81. The van der Waals surface area contributed by atoms with Gasteiger partial charge in [-0.1, -0.05) is 6.07 Å². The van der Waals surface area contributed by atoms with Crippen molar-refractivity contribution >= 4 is 5.91 Å². The van der Waals surface area contributed by atoms with Gasteiger partial charge in [-0.2, -0.15) is 0 Å². The molecule has 6 nitrogen and oxygen atoms in total. The van der Waals surface area contributed by atoms with Gasteiger partial charge in [0.15, 0.2) is 0 Å². The predicted octanol–water partition coefficient (Wildman–Crippen LogP) is 1.99. The van der Waals surface area contributed by atoms with Crippen molar-refractivity contribution in [2.24, 2.45) is 7.05 Å². The van der Waals surface area contributed by atoms with Crippen molar-refractivity contribution in [2.45, 2.75) is 43.9 Å². The van der Waals surface area contributed by atoms with E-state index in [9.17, 15) is 9.59 Å². The molecule has 2 fully saturated rings. The fourth-order valence-electron chi connectivity index (χ4n) is 4.04. The van der Waals surface area contributed by atoms with Crippen LogP contribution >= 0.6 is 0 Å². The first-order valence-corrected chi connectivity index (χ1v) is 8.69. The second-order valence-electron chi connectivity index (χ2n) is 6.81. The maximum atomic E-state index is 13.0. The fourth-order valence-corrected chi connectivity index (χ4v) is 4.04. The molecule has 0 saturated carbocycles. The van der Waals surface area contributed by atoms with E-state index in [1.807, 2.05) is 23.1 Å². The average molecular weight is 339 g/mol. The van der Waals surface area contributed by atoms with Crippen LogP contribution in [0.25, 0.3) is 0 Å². The predicted molar refractivity (Wildman–Crippen MR) is 92.5 cm³/mol. The summed E-state index contributed by atoms with van der Waals surface area (Å²) in [6.07, 6.45) is 6.94. The molecule has 4 rings (SSSR count). The number of hydrogen-bond acceptors (Lipinski definition) is 4. The van der Waals surface area contributed by atoms with Crippen LogP contribution in [0.4, 0.5) is 0 Å². The van der Waals surface area contributed by atoms with Crippen LogP contribution in [0.3, 0.4) is 0 Å². The molecule has 2 bridgehead atoms. The molecule has 0 aromatic carbocycles. The van der Waals surface area contributed by atoms with E-state index in [1.165, 1.54) is 4.57 Å². The van der Waals surface area contributed by atoms with Gasteiger partial charge < -0.3 is 14.2 Å². The van der Waals surface area contributed by atoms with Crippen molar-refractivity contribution < 1.29 is 9.53 Å². The lowest BCUT2D eigenvalue weighted by atomic mass is 9.98. The third-order valence-electron chi connectivity index (χ3n) is 5.20. The van der Waals surface area contributed by atoms with E-state index in [0.717, 1.165) is 25.7 Å². The minimum absolute atomic E-state index is 0.0649. The van der Waals surface area contributed by atoms with Crippen LogP contribution in [0.2, 0.25) is 0 Å². The lowest BCUT2D eigenvalue weighted by molar-refractivity contribution is 0.0346. The Balaban J connectivity index is 1.52.